The molecule has 2 aliphatic carbocycles. The van der Waals surface area contributed by atoms with Crippen LogP contribution in [0.5, 0.6) is 0 Å². The van der Waals surface area contributed by atoms with E-state index in [9.17, 15) is 14.9 Å². The summed E-state index contributed by atoms with van der Waals surface area (Å²) in [5.41, 5.74) is 0.806. The lowest BCUT2D eigenvalue weighted by Gasteiger charge is -2.28. The van der Waals surface area contributed by atoms with Crippen molar-refractivity contribution in [2.24, 2.45) is 17.8 Å². The number of rotatable bonds is 5. The van der Waals surface area contributed by atoms with Crippen molar-refractivity contribution in [1.29, 1.82) is 0 Å². The highest BCUT2D eigenvalue weighted by Gasteiger charge is 2.42. The van der Waals surface area contributed by atoms with Crippen LogP contribution < -0.4 is 10.2 Å². The average molecular weight is 331 g/mol. The fourth-order valence-electron chi connectivity index (χ4n) is 4.49. The minimum absolute atomic E-state index is 0.0415. The molecule has 24 heavy (non-hydrogen) atoms. The van der Waals surface area contributed by atoms with Crippen molar-refractivity contribution in [2.45, 2.75) is 38.6 Å². The van der Waals surface area contributed by atoms with Crippen LogP contribution in [0, 0.1) is 27.9 Å². The summed E-state index contributed by atoms with van der Waals surface area (Å²) in [6.07, 6.45) is 5.11. The number of carbonyl (C=O) groups excluding carboxylic acids is 1. The van der Waals surface area contributed by atoms with E-state index in [0.717, 1.165) is 11.8 Å². The van der Waals surface area contributed by atoms with Crippen LogP contribution in [0.1, 0.15) is 43.0 Å². The van der Waals surface area contributed by atoms with E-state index >= 15 is 0 Å². The van der Waals surface area contributed by atoms with Gasteiger partial charge in [-0.1, -0.05) is 6.42 Å². The van der Waals surface area contributed by atoms with Gasteiger partial charge in [0.25, 0.3) is 11.6 Å². The number of anilines is 1. The van der Waals surface area contributed by atoms with E-state index in [-0.39, 0.29) is 17.6 Å². The fraction of sp³-hybridized carbons (Fsp3) is 0.611. The molecule has 0 aromatic heterocycles. The Labute approximate surface area is 142 Å². The van der Waals surface area contributed by atoms with Crippen molar-refractivity contribution in [3.63, 3.8) is 0 Å². The first kappa shape index (κ1) is 16.7. The second-order valence-corrected chi connectivity index (χ2v) is 7.46. The standard InChI is InChI=1S/C18H25N3O3/c1-11(15-9-12-4-5-13(15)8-12)19-18(22)14-6-7-16(20(2)3)17(10-14)21(23)24/h6-7,10-13,15H,4-5,8-9H2,1-3H3,(H,19,22)/t11-,12+,13+,15-/m1/s1. The minimum Gasteiger partial charge on any atom is -0.372 e. The highest BCUT2D eigenvalue weighted by molar-refractivity contribution is 5.96. The number of amides is 1. The zero-order chi connectivity index (χ0) is 17.4. The number of hydrogen-bond donors (Lipinski definition) is 1. The molecule has 130 valence electrons. The summed E-state index contributed by atoms with van der Waals surface area (Å²) < 4.78 is 0. The van der Waals surface area contributed by atoms with Crippen LogP contribution in [-0.4, -0.2) is 31.0 Å². The molecule has 3 rings (SSSR count). The lowest BCUT2D eigenvalue weighted by atomic mass is 9.84. The Balaban J connectivity index is 1.73. The first-order valence-electron chi connectivity index (χ1n) is 8.63. The van der Waals surface area contributed by atoms with Gasteiger partial charge in [0.1, 0.15) is 5.69 Å². The van der Waals surface area contributed by atoms with E-state index in [0.29, 0.717) is 17.2 Å². The van der Waals surface area contributed by atoms with Gasteiger partial charge in [-0.05, 0) is 56.1 Å². The van der Waals surface area contributed by atoms with Crippen LogP contribution in [0.2, 0.25) is 0 Å². The number of nitrogens with one attached hydrogen (secondary N) is 1. The SMILES string of the molecule is C[C@@H](NC(=O)c1ccc(N(C)C)c([N+](=O)[O-])c1)[C@H]1C[C@H]2CC[C@H]1C2. The van der Waals surface area contributed by atoms with Gasteiger partial charge in [0.2, 0.25) is 0 Å². The maximum atomic E-state index is 12.5. The van der Waals surface area contributed by atoms with E-state index in [2.05, 4.69) is 12.2 Å². The molecule has 0 saturated heterocycles. The van der Waals surface area contributed by atoms with E-state index in [1.54, 1.807) is 31.1 Å². The van der Waals surface area contributed by atoms with Gasteiger partial charge in [0.05, 0.1) is 4.92 Å². The van der Waals surface area contributed by atoms with Crippen LogP contribution in [0.3, 0.4) is 0 Å². The number of nitro groups is 1. The van der Waals surface area contributed by atoms with Gasteiger partial charge in [-0.15, -0.1) is 0 Å². The summed E-state index contributed by atoms with van der Waals surface area (Å²) in [6, 6.07) is 4.78. The smallest absolute Gasteiger partial charge is 0.293 e. The number of benzene rings is 1. The normalized spacial score (nSPS) is 26.2. The van der Waals surface area contributed by atoms with Crippen molar-refractivity contribution >= 4 is 17.3 Å². The van der Waals surface area contributed by atoms with E-state index in [1.165, 1.54) is 31.7 Å². The van der Waals surface area contributed by atoms with Gasteiger partial charge in [-0.2, -0.15) is 0 Å². The number of hydrogen-bond acceptors (Lipinski definition) is 4. The summed E-state index contributed by atoms with van der Waals surface area (Å²) in [5, 5.41) is 14.3. The van der Waals surface area contributed by atoms with E-state index in [4.69, 9.17) is 0 Å². The number of nitro benzene ring substituents is 1. The molecule has 4 atom stereocenters. The molecular weight excluding hydrogens is 306 g/mol. The maximum Gasteiger partial charge on any atom is 0.293 e. The zero-order valence-corrected chi connectivity index (χ0v) is 14.5. The van der Waals surface area contributed by atoms with Crippen LogP contribution in [0.25, 0.3) is 0 Å². The van der Waals surface area contributed by atoms with Gasteiger partial charge in [0, 0.05) is 31.8 Å². The zero-order valence-electron chi connectivity index (χ0n) is 14.5. The fourth-order valence-corrected chi connectivity index (χ4v) is 4.49. The molecule has 1 aromatic rings. The van der Waals surface area contributed by atoms with Crippen molar-refractivity contribution in [3.8, 4) is 0 Å². The molecule has 1 N–H and O–H groups in total. The van der Waals surface area contributed by atoms with E-state index < -0.39 is 4.92 Å². The summed E-state index contributed by atoms with van der Waals surface area (Å²) in [5.74, 6) is 1.89. The Bertz CT molecular complexity index is 659. The topological polar surface area (TPSA) is 75.5 Å². The number of fused-ring (bicyclic) bond motifs is 2. The summed E-state index contributed by atoms with van der Waals surface area (Å²) in [6.45, 7) is 2.06. The number of nitrogens with zero attached hydrogens (tertiary/aromatic N) is 2. The molecule has 6 nitrogen and oxygen atoms in total. The van der Waals surface area contributed by atoms with Gasteiger partial charge >= 0.3 is 0 Å². The van der Waals surface area contributed by atoms with Crippen molar-refractivity contribution in [1.82, 2.24) is 5.32 Å². The predicted molar refractivity (Wildman–Crippen MR) is 93.3 cm³/mol. The second-order valence-electron chi connectivity index (χ2n) is 7.46. The molecule has 2 saturated carbocycles. The van der Waals surface area contributed by atoms with Crippen LogP contribution in [0.15, 0.2) is 18.2 Å². The lowest BCUT2D eigenvalue weighted by Crippen LogP contribution is -2.40. The van der Waals surface area contributed by atoms with Gasteiger partial charge in [-0.25, -0.2) is 0 Å². The van der Waals surface area contributed by atoms with Gasteiger partial charge in [-0.3, -0.25) is 14.9 Å². The summed E-state index contributed by atoms with van der Waals surface area (Å²) in [4.78, 5) is 25.0. The summed E-state index contributed by atoms with van der Waals surface area (Å²) in [7, 11) is 3.50. The molecule has 0 unspecified atom stereocenters. The monoisotopic (exact) mass is 331 g/mol. The van der Waals surface area contributed by atoms with E-state index in [1.807, 2.05) is 0 Å². The van der Waals surface area contributed by atoms with Crippen LogP contribution in [-0.2, 0) is 0 Å². The molecule has 1 amide bonds. The first-order valence-corrected chi connectivity index (χ1v) is 8.63. The molecule has 2 fully saturated rings. The third-order valence-corrected chi connectivity index (χ3v) is 5.71. The average Bonchev–Trinajstić information content (AvgIpc) is 3.17. The van der Waals surface area contributed by atoms with Crippen LogP contribution in [0.4, 0.5) is 11.4 Å². The Morgan fingerprint density at radius 2 is 2.08 bits per heavy atom. The first-order chi connectivity index (χ1) is 11.4. The Kier molecular flexibility index (Phi) is 4.47. The van der Waals surface area contributed by atoms with Crippen molar-refractivity contribution < 1.29 is 9.72 Å². The third-order valence-electron chi connectivity index (χ3n) is 5.71. The summed E-state index contributed by atoms with van der Waals surface area (Å²) >= 11 is 0. The largest absolute Gasteiger partial charge is 0.372 e. The molecule has 0 radical (unpaired) electrons. The predicted octanol–water partition coefficient (Wildman–Crippen LogP) is 3.22. The Morgan fingerprint density at radius 3 is 2.62 bits per heavy atom. The molecule has 1 aromatic carbocycles. The molecule has 0 spiro atoms. The lowest BCUT2D eigenvalue weighted by molar-refractivity contribution is -0.384. The van der Waals surface area contributed by atoms with Gasteiger partial charge in [0.15, 0.2) is 0 Å². The highest BCUT2D eigenvalue weighted by atomic mass is 16.6. The highest BCUT2D eigenvalue weighted by Crippen LogP contribution is 2.49. The molecule has 2 bridgehead atoms. The Morgan fingerprint density at radius 1 is 1.33 bits per heavy atom. The molecule has 6 heteroatoms. The quantitative estimate of drug-likeness (QED) is 0.664. The number of carbonyl (C=O) groups is 1. The minimum atomic E-state index is -0.439. The Hall–Kier alpha value is -2.11. The second kappa shape index (κ2) is 6.42. The molecular formula is C18H25N3O3. The van der Waals surface area contributed by atoms with Crippen molar-refractivity contribution in [3.05, 3.63) is 33.9 Å². The molecule has 2 aliphatic rings. The molecule has 0 aliphatic heterocycles. The third kappa shape index (κ3) is 3.09. The molecule has 0 heterocycles. The maximum absolute atomic E-state index is 12.5. The van der Waals surface area contributed by atoms with Crippen LogP contribution >= 0.6 is 0 Å². The van der Waals surface area contributed by atoms with Gasteiger partial charge < -0.3 is 10.2 Å². The van der Waals surface area contributed by atoms with Crippen molar-refractivity contribution in [2.75, 3.05) is 19.0 Å².